The summed E-state index contributed by atoms with van der Waals surface area (Å²) in [5, 5.41) is 0. The van der Waals surface area contributed by atoms with Gasteiger partial charge in [-0.3, -0.25) is 0 Å². The van der Waals surface area contributed by atoms with Crippen LogP contribution in [-0.2, 0) is 4.74 Å². The Balaban J connectivity index is 1.72. The van der Waals surface area contributed by atoms with E-state index in [2.05, 4.69) is 0 Å². The van der Waals surface area contributed by atoms with E-state index in [9.17, 15) is 0 Å². The highest BCUT2D eigenvalue weighted by Gasteiger charge is 2.54. The topological polar surface area (TPSA) is 9.23 Å². The molecule has 0 atom stereocenters. The smallest absolute Gasteiger partial charge is 0.0685 e. The molecule has 0 amide bonds. The van der Waals surface area contributed by atoms with Gasteiger partial charge in [-0.25, -0.2) is 0 Å². The Kier molecular flexibility index (Phi) is 0.797. The Morgan fingerprint density at radius 1 is 0.800 bits per heavy atom. The van der Waals surface area contributed by atoms with E-state index in [1.807, 2.05) is 0 Å². The van der Waals surface area contributed by atoms with Crippen LogP contribution in [0.4, 0.5) is 0 Å². The first-order valence-electron chi connectivity index (χ1n) is 4.47. The number of ether oxygens (including phenoxy) is 1. The third kappa shape index (κ3) is 0.672. The van der Waals surface area contributed by atoms with Crippen molar-refractivity contribution < 1.29 is 4.74 Å². The van der Waals surface area contributed by atoms with Crippen LogP contribution in [0.2, 0.25) is 0 Å². The standard InChI is InChI=1S/C9H14O/c1-2-8(1)3-4-9(5-6-9)10-7-8/h1-7H2. The van der Waals surface area contributed by atoms with Gasteiger partial charge in [0.05, 0.1) is 12.2 Å². The van der Waals surface area contributed by atoms with Crippen molar-refractivity contribution in [3.05, 3.63) is 0 Å². The van der Waals surface area contributed by atoms with Crippen molar-refractivity contribution in [2.75, 3.05) is 6.61 Å². The molecule has 0 aromatic carbocycles. The summed E-state index contributed by atoms with van der Waals surface area (Å²) >= 11 is 0. The van der Waals surface area contributed by atoms with Crippen LogP contribution in [0.25, 0.3) is 0 Å². The highest BCUT2D eigenvalue weighted by atomic mass is 16.5. The van der Waals surface area contributed by atoms with Gasteiger partial charge in [-0.2, -0.15) is 0 Å². The lowest BCUT2D eigenvalue weighted by atomic mass is 9.95. The highest BCUT2D eigenvalue weighted by molar-refractivity contribution is 5.05. The van der Waals surface area contributed by atoms with Gasteiger partial charge in [-0.1, -0.05) is 0 Å². The second-order valence-electron chi connectivity index (χ2n) is 4.47. The van der Waals surface area contributed by atoms with E-state index in [1.165, 1.54) is 38.5 Å². The summed E-state index contributed by atoms with van der Waals surface area (Å²) < 4.78 is 5.85. The number of hydrogen-bond donors (Lipinski definition) is 0. The van der Waals surface area contributed by atoms with E-state index >= 15 is 0 Å². The predicted octanol–water partition coefficient (Wildman–Crippen LogP) is 2.11. The highest BCUT2D eigenvalue weighted by Crippen LogP contribution is 2.59. The molecule has 1 saturated heterocycles. The molecule has 0 bridgehead atoms. The molecule has 0 aromatic heterocycles. The summed E-state index contributed by atoms with van der Waals surface area (Å²) in [7, 11) is 0. The van der Waals surface area contributed by atoms with Gasteiger partial charge in [0.2, 0.25) is 0 Å². The summed E-state index contributed by atoms with van der Waals surface area (Å²) in [6.45, 7) is 1.09. The van der Waals surface area contributed by atoms with Crippen molar-refractivity contribution >= 4 is 0 Å². The van der Waals surface area contributed by atoms with E-state index < -0.39 is 0 Å². The van der Waals surface area contributed by atoms with Gasteiger partial charge in [0, 0.05) is 0 Å². The summed E-state index contributed by atoms with van der Waals surface area (Å²) in [6.07, 6.45) is 8.43. The molecule has 3 rings (SSSR count). The van der Waals surface area contributed by atoms with Crippen molar-refractivity contribution in [2.24, 2.45) is 5.41 Å². The first kappa shape index (κ1) is 5.59. The molecule has 1 nitrogen and oxygen atoms in total. The molecule has 1 heteroatoms. The van der Waals surface area contributed by atoms with E-state index in [1.54, 1.807) is 0 Å². The molecule has 1 heterocycles. The summed E-state index contributed by atoms with van der Waals surface area (Å²) in [6, 6.07) is 0. The van der Waals surface area contributed by atoms with Gasteiger partial charge in [-0.05, 0) is 43.9 Å². The van der Waals surface area contributed by atoms with Crippen LogP contribution in [0.15, 0.2) is 0 Å². The van der Waals surface area contributed by atoms with Crippen LogP contribution < -0.4 is 0 Å². The molecule has 56 valence electrons. The van der Waals surface area contributed by atoms with E-state index in [4.69, 9.17) is 4.74 Å². The second-order valence-corrected chi connectivity index (χ2v) is 4.47. The lowest BCUT2D eigenvalue weighted by Gasteiger charge is -2.28. The number of hydrogen-bond acceptors (Lipinski definition) is 1. The summed E-state index contributed by atoms with van der Waals surface area (Å²) in [5.41, 5.74) is 1.13. The molecule has 1 aliphatic heterocycles. The van der Waals surface area contributed by atoms with Gasteiger partial charge in [-0.15, -0.1) is 0 Å². The molecule has 0 aromatic rings. The average molecular weight is 138 g/mol. The fourth-order valence-corrected chi connectivity index (χ4v) is 2.05. The van der Waals surface area contributed by atoms with Crippen molar-refractivity contribution in [2.45, 2.75) is 44.1 Å². The maximum absolute atomic E-state index is 5.85. The van der Waals surface area contributed by atoms with Crippen LogP contribution in [0, 0.1) is 5.41 Å². The maximum atomic E-state index is 5.85. The van der Waals surface area contributed by atoms with Crippen molar-refractivity contribution in [3.63, 3.8) is 0 Å². The minimum Gasteiger partial charge on any atom is -0.374 e. The van der Waals surface area contributed by atoms with Crippen LogP contribution in [0.1, 0.15) is 38.5 Å². The van der Waals surface area contributed by atoms with Gasteiger partial charge in [0.25, 0.3) is 0 Å². The molecular weight excluding hydrogens is 124 g/mol. The minimum atomic E-state index is 0.424. The van der Waals surface area contributed by atoms with Crippen LogP contribution in [0.3, 0.4) is 0 Å². The monoisotopic (exact) mass is 138 g/mol. The molecule has 0 unspecified atom stereocenters. The fraction of sp³-hybridized carbons (Fsp3) is 1.00. The van der Waals surface area contributed by atoms with Gasteiger partial charge in [0.15, 0.2) is 0 Å². The zero-order valence-electron chi connectivity index (χ0n) is 6.36. The van der Waals surface area contributed by atoms with E-state index in [-0.39, 0.29) is 0 Å². The summed E-state index contributed by atoms with van der Waals surface area (Å²) in [4.78, 5) is 0. The van der Waals surface area contributed by atoms with E-state index in [0.717, 1.165) is 6.61 Å². The Morgan fingerprint density at radius 3 is 1.80 bits per heavy atom. The molecule has 0 radical (unpaired) electrons. The Hall–Kier alpha value is -0.0400. The van der Waals surface area contributed by atoms with Gasteiger partial charge in [0.1, 0.15) is 0 Å². The maximum Gasteiger partial charge on any atom is 0.0685 e. The first-order valence-corrected chi connectivity index (χ1v) is 4.47. The van der Waals surface area contributed by atoms with Crippen molar-refractivity contribution in [1.29, 1.82) is 0 Å². The zero-order valence-corrected chi connectivity index (χ0v) is 6.36. The summed E-state index contributed by atoms with van der Waals surface area (Å²) in [5.74, 6) is 0. The Labute approximate surface area is 61.8 Å². The average Bonchev–Trinajstić information content (AvgIpc) is 2.75. The molecule has 2 spiro atoms. The minimum absolute atomic E-state index is 0.424. The zero-order chi connectivity index (χ0) is 6.66. The van der Waals surface area contributed by atoms with Crippen molar-refractivity contribution in [3.8, 4) is 0 Å². The first-order chi connectivity index (χ1) is 4.83. The quantitative estimate of drug-likeness (QED) is 0.498. The lowest BCUT2D eigenvalue weighted by Crippen LogP contribution is -2.28. The fourth-order valence-electron chi connectivity index (χ4n) is 2.05. The Morgan fingerprint density at radius 2 is 1.40 bits per heavy atom. The number of rotatable bonds is 0. The third-order valence-corrected chi connectivity index (χ3v) is 3.56. The van der Waals surface area contributed by atoms with Gasteiger partial charge < -0.3 is 4.74 Å². The van der Waals surface area contributed by atoms with Crippen LogP contribution in [-0.4, -0.2) is 12.2 Å². The van der Waals surface area contributed by atoms with Gasteiger partial charge >= 0.3 is 0 Å². The normalized spacial score (nSPS) is 38.4. The third-order valence-electron chi connectivity index (χ3n) is 3.56. The van der Waals surface area contributed by atoms with E-state index in [0.29, 0.717) is 11.0 Å². The Bertz CT molecular complexity index is 134. The van der Waals surface area contributed by atoms with Crippen LogP contribution >= 0.6 is 0 Å². The second kappa shape index (κ2) is 1.42. The van der Waals surface area contributed by atoms with Crippen LogP contribution in [0.5, 0.6) is 0 Å². The molecular formula is C9H14O. The SMILES string of the molecule is C1CC12CCC1(CC1)OC2. The molecule has 3 aliphatic rings. The largest absolute Gasteiger partial charge is 0.374 e. The molecule has 3 fully saturated rings. The molecule has 2 saturated carbocycles. The lowest BCUT2D eigenvalue weighted by molar-refractivity contribution is -0.0429. The molecule has 10 heavy (non-hydrogen) atoms. The molecule has 2 aliphatic carbocycles. The molecule has 0 N–H and O–H groups in total. The van der Waals surface area contributed by atoms with Crippen molar-refractivity contribution in [1.82, 2.24) is 0 Å². The predicted molar refractivity (Wildman–Crippen MR) is 38.8 cm³/mol.